The van der Waals surface area contributed by atoms with Crippen molar-refractivity contribution in [3.05, 3.63) is 65.7 Å². The fourth-order valence-corrected chi connectivity index (χ4v) is 2.25. The summed E-state index contributed by atoms with van der Waals surface area (Å²) in [6.07, 6.45) is 0.701. The third-order valence-electron chi connectivity index (χ3n) is 3.56. The maximum Gasteiger partial charge on any atom is 0.119 e. The molecule has 0 radical (unpaired) electrons. The zero-order chi connectivity index (χ0) is 15.1. The molecule has 2 nitrogen and oxygen atoms in total. The van der Waals surface area contributed by atoms with Crippen LogP contribution in [-0.2, 0) is 0 Å². The molecule has 0 amide bonds. The molecule has 2 aromatic rings. The van der Waals surface area contributed by atoms with Crippen LogP contribution in [0.25, 0.3) is 0 Å². The second kappa shape index (κ2) is 7.50. The first-order valence-electron chi connectivity index (χ1n) is 7.38. The highest BCUT2D eigenvalue weighted by atomic mass is 16.5. The molecule has 0 aliphatic rings. The SMILES string of the molecule is CC(C)c1cccc(OCCC(C#N)c2ccccc2)c1. The predicted molar refractivity (Wildman–Crippen MR) is 85.4 cm³/mol. The van der Waals surface area contributed by atoms with Crippen LogP contribution in [0, 0.1) is 11.3 Å². The van der Waals surface area contributed by atoms with Crippen LogP contribution in [0.15, 0.2) is 54.6 Å². The molecule has 108 valence electrons. The van der Waals surface area contributed by atoms with E-state index in [-0.39, 0.29) is 5.92 Å². The van der Waals surface area contributed by atoms with Crippen LogP contribution in [0.1, 0.15) is 43.2 Å². The zero-order valence-electron chi connectivity index (χ0n) is 12.6. The summed E-state index contributed by atoms with van der Waals surface area (Å²) < 4.78 is 5.80. The van der Waals surface area contributed by atoms with E-state index < -0.39 is 0 Å². The van der Waals surface area contributed by atoms with Gasteiger partial charge in [-0.05, 0) is 29.2 Å². The van der Waals surface area contributed by atoms with E-state index >= 15 is 0 Å². The molecule has 1 atom stereocenters. The Kier molecular flexibility index (Phi) is 5.40. The maximum atomic E-state index is 9.29. The average molecular weight is 279 g/mol. The number of benzene rings is 2. The van der Waals surface area contributed by atoms with Gasteiger partial charge in [-0.1, -0.05) is 56.3 Å². The van der Waals surface area contributed by atoms with Crippen molar-refractivity contribution in [1.82, 2.24) is 0 Å². The fraction of sp³-hybridized carbons (Fsp3) is 0.316. The molecular formula is C19H21NO. The first kappa shape index (κ1) is 15.1. The Hall–Kier alpha value is -2.27. The van der Waals surface area contributed by atoms with Crippen LogP contribution in [0.3, 0.4) is 0 Å². The Morgan fingerprint density at radius 1 is 1.00 bits per heavy atom. The molecular weight excluding hydrogens is 258 g/mol. The van der Waals surface area contributed by atoms with Crippen molar-refractivity contribution < 1.29 is 4.74 Å². The van der Waals surface area contributed by atoms with E-state index in [1.54, 1.807) is 0 Å². The summed E-state index contributed by atoms with van der Waals surface area (Å²) in [6.45, 7) is 4.88. The molecule has 0 aromatic heterocycles. The third-order valence-corrected chi connectivity index (χ3v) is 3.56. The number of hydrogen-bond acceptors (Lipinski definition) is 2. The van der Waals surface area contributed by atoms with E-state index in [0.29, 0.717) is 18.9 Å². The summed E-state index contributed by atoms with van der Waals surface area (Å²) in [5.74, 6) is 1.26. The highest BCUT2D eigenvalue weighted by molar-refractivity contribution is 5.30. The first-order valence-corrected chi connectivity index (χ1v) is 7.38. The number of rotatable bonds is 6. The van der Waals surface area contributed by atoms with Gasteiger partial charge in [0.2, 0.25) is 0 Å². The van der Waals surface area contributed by atoms with E-state index in [0.717, 1.165) is 11.3 Å². The van der Waals surface area contributed by atoms with E-state index in [1.165, 1.54) is 5.56 Å². The molecule has 1 unspecified atom stereocenters. The van der Waals surface area contributed by atoms with Gasteiger partial charge in [-0.15, -0.1) is 0 Å². The summed E-state index contributed by atoms with van der Waals surface area (Å²) in [4.78, 5) is 0. The summed E-state index contributed by atoms with van der Waals surface area (Å²) in [6, 6.07) is 20.4. The molecule has 0 aliphatic heterocycles. The minimum atomic E-state index is -0.112. The molecule has 2 aromatic carbocycles. The number of nitrogens with zero attached hydrogens (tertiary/aromatic N) is 1. The number of nitriles is 1. The van der Waals surface area contributed by atoms with E-state index in [4.69, 9.17) is 4.74 Å². The number of hydrogen-bond donors (Lipinski definition) is 0. The second-order valence-corrected chi connectivity index (χ2v) is 5.46. The summed E-state index contributed by atoms with van der Waals surface area (Å²) in [5.41, 5.74) is 2.33. The minimum absolute atomic E-state index is 0.112. The largest absolute Gasteiger partial charge is 0.494 e. The first-order chi connectivity index (χ1) is 10.2. The van der Waals surface area contributed by atoms with Crippen molar-refractivity contribution in [3.8, 4) is 11.8 Å². The Morgan fingerprint density at radius 3 is 2.38 bits per heavy atom. The van der Waals surface area contributed by atoms with E-state index in [2.05, 4.69) is 32.0 Å². The molecule has 2 heteroatoms. The molecule has 21 heavy (non-hydrogen) atoms. The van der Waals surface area contributed by atoms with Gasteiger partial charge >= 0.3 is 0 Å². The maximum absolute atomic E-state index is 9.29. The molecule has 0 saturated heterocycles. The lowest BCUT2D eigenvalue weighted by molar-refractivity contribution is 0.305. The molecule has 0 saturated carbocycles. The number of ether oxygens (including phenoxy) is 1. The molecule has 2 rings (SSSR count). The van der Waals surface area contributed by atoms with Crippen molar-refractivity contribution in [3.63, 3.8) is 0 Å². The fourth-order valence-electron chi connectivity index (χ4n) is 2.25. The van der Waals surface area contributed by atoms with Gasteiger partial charge in [-0.25, -0.2) is 0 Å². The van der Waals surface area contributed by atoms with Crippen molar-refractivity contribution in [2.45, 2.75) is 32.1 Å². The lowest BCUT2D eigenvalue weighted by Crippen LogP contribution is -2.04. The standard InChI is InChI=1S/C19H21NO/c1-15(2)17-9-6-10-19(13-17)21-12-11-18(14-20)16-7-4-3-5-8-16/h3-10,13,15,18H,11-12H2,1-2H3. The Bertz CT molecular complexity index is 598. The molecule has 0 bridgehead atoms. The molecule has 0 N–H and O–H groups in total. The summed E-state index contributed by atoms with van der Waals surface area (Å²) in [7, 11) is 0. The minimum Gasteiger partial charge on any atom is -0.494 e. The second-order valence-electron chi connectivity index (χ2n) is 5.46. The molecule has 0 spiro atoms. The van der Waals surface area contributed by atoms with Gasteiger partial charge in [0.1, 0.15) is 5.75 Å². The highest BCUT2D eigenvalue weighted by Crippen LogP contribution is 2.22. The lowest BCUT2D eigenvalue weighted by Gasteiger charge is -2.12. The summed E-state index contributed by atoms with van der Waals surface area (Å²) >= 11 is 0. The Morgan fingerprint density at radius 2 is 1.71 bits per heavy atom. The zero-order valence-corrected chi connectivity index (χ0v) is 12.6. The van der Waals surface area contributed by atoms with Crippen LogP contribution in [-0.4, -0.2) is 6.61 Å². The van der Waals surface area contributed by atoms with Crippen LogP contribution in [0.4, 0.5) is 0 Å². The average Bonchev–Trinajstić information content (AvgIpc) is 2.53. The lowest BCUT2D eigenvalue weighted by atomic mass is 9.98. The predicted octanol–water partition coefficient (Wildman–Crippen LogP) is 4.89. The van der Waals surface area contributed by atoms with Gasteiger partial charge < -0.3 is 4.74 Å². The van der Waals surface area contributed by atoms with E-state index in [9.17, 15) is 5.26 Å². The third kappa shape index (κ3) is 4.36. The smallest absolute Gasteiger partial charge is 0.119 e. The van der Waals surface area contributed by atoms with Gasteiger partial charge in [0.05, 0.1) is 18.6 Å². The van der Waals surface area contributed by atoms with Gasteiger partial charge in [0, 0.05) is 6.42 Å². The van der Waals surface area contributed by atoms with Crippen molar-refractivity contribution in [2.24, 2.45) is 0 Å². The summed E-state index contributed by atoms with van der Waals surface area (Å²) in [5, 5.41) is 9.29. The van der Waals surface area contributed by atoms with Gasteiger partial charge in [0.25, 0.3) is 0 Å². The van der Waals surface area contributed by atoms with Crippen molar-refractivity contribution >= 4 is 0 Å². The van der Waals surface area contributed by atoms with Gasteiger partial charge in [0.15, 0.2) is 0 Å². The Balaban J connectivity index is 1.92. The molecule has 0 heterocycles. The van der Waals surface area contributed by atoms with Crippen LogP contribution >= 0.6 is 0 Å². The van der Waals surface area contributed by atoms with Crippen LogP contribution in [0.5, 0.6) is 5.75 Å². The quantitative estimate of drug-likeness (QED) is 0.754. The van der Waals surface area contributed by atoms with Gasteiger partial charge in [-0.3, -0.25) is 0 Å². The van der Waals surface area contributed by atoms with Crippen LogP contribution < -0.4 is 4.74 Å². The Labute approximate surface area is 127 Å². The van der Waals surface area contributed by atoms with Crippen LogP contribution in [0.2, 0.25) is 0 Å². The molecule has 0 fully saturated rings. The monoisotopic (exact) mass is 279 g/mol. The van der Waals surface area contributed by atoms with Crippen molar-refractivity contribution in [1.29, 1.82) is 5.26 Å². The highest BCUT2D eigenvalue weighted by Gasteiger charge is 2.10. The van der Waals surface area contributed by atoms with E-state index in [1.807, 2.05) is 42.5 Å². The van der Waals surface area contributed by atoms with Crippen molar-refractivity contribution in [2.75, 3.05) is 6.61 Å². The van der Waals surface area contributed by atoms with Gasteiger partial charge in [-0.2, -0.15) is 5.26 Å². The normalized spacial score (nSPS) is 11.9. The topological polar surface area (TPSA) is 33.0 Å². The molecule has 0 aliphatic carbocycles.